The molecule has 0 aliphatic carbocycles. The van der Waals surface area contributed by atoms with Gasteiger partial charge in [-0.15, -0.1) is 0 Å². The molecule has 0 aromatic carbocycles. The molecular formula is C11H22N2O4S. The lowest BCUT2D eigenvalue weighted by molar-refractivity contribution is -0.135. The van der Waals surface area contributed by atoms with Crippen molar-refractivity contribution in [2.45, 2.75) is 38.1 Å². The summed E-state index contributed by atoms with van der Waals surface area (Å²) in [7, 11) is -3.22. The van der Waals surface area contributed by atoms with E-state index in [0.29, 0.717) is 19.4 Å². The Bertz CT molecular complexity index is 369. The molecule has 0 spiro atoms. The maximum atomic E-state index is 11.9. The molecule has 1 heterocycles. The Hall–Kier alpha value is -0.660. The first-order valence-electron chi connectivity index (χ1n) is 6.29. The molecule has 0 saturated carbocycles. The van der Waals surface area contributed by atoms with Crippen molar-refractivity contribution in [3.63, 3.8) is 0 Å². The summed E-state index contributed by atoms with van der Waals surface area (Å²) in [6, 6.07) is -0.0559. The highest BCUT2D eigenvalue weighted by atomic mass is 32.2. The second kappa shape index (κ2) is 7.06. The Morgan fingerprint density at radius 3 is 2.78 bits per heavy atom. The van der Waals surface area contributed by atoms with Gasteiger partial charge in [-0.1, -0.05) is 0 Å². The summed E-state index contributed by atoms with van der Waals surface area (Å²) < 4.78 is 24.6. The third-order valence-electron chi connectivity index (χ3n) is 3.08. The van der Waals surface area contributed by atoms with E-state index < -0.39 is 10.0 Å². The number of hydrogen-bond acceptors (Lipinski definition) is 4. The largest absolute Gasteiger partial charge is 0.396 e. The summed E-state index contributed by atoms with van der Waals surface area (Å²) in [5, 5.41) is 8.73. The van der Waals surface area contributed by atoms with E-state index in [4.69, 9.17) is 5.11 Å². The summed E-state index contributed by atoms with van der Waals surface area (Å²) in [5.74, 6) is 0.00375. The van der Waals surface area contributed by atoms with Gasteiger partial charge in [0.1, 0.15) is 0 Å². The number of piperidine rings is 1. The van der Waals surface area contributed by atoms with E-state index in [0.717, 1.165) is 25.5 Å². The number of carbonyl (C=O) groups is 1. The fourth-order valence-corrected chi connectivity index (χ4v) is 2.66. The van der Waals surface area contributed by atoms with Gasteiger partial charge in [0.05, 0.1) is 6.26 Å². The van der Waals surface area contributed by atoms with Crippen molar-refractivity contribution in [1.29, 1.82) is 0 Å². The lowest BCUT2D eigenvalue weighted by Gasteiger charge is -2.35. The van der Waals surface area contributed by atoms with Gasteiger partial charge in [0.2, 0.25) is 15.9 Å². The van der Waals surface area contributed by atoms with Crippen LogP contribution in [0.3, 0.4) is 0 Å². The minimum atomic E-state index is -3.22. The van der Waals surface area contributed by atoms with Crippen LogP contribution in [-0.2, 0) is 14.8 Å². The SMILES string of the molecule is CS(=O)(=O)NCC1CCCCN1C(=O)CCCO. The van der Waals surface area contributed by atoms with Crippen molar-refractivity contribution >= 4 is 15.9 Å². The number of hydrogen-bond donors (Lipinski definition) is 2. The molecule has 7 heteroatoms. The second-order valence-corrected chi connectivity index (χ2v) is 6.52. The molecular weight excluding hydrogens is 256 g/mol. The van der Waals surface area contributed by atoms with E-state index in [1.54, 1.807) is 4.90 Å². The monoisotopic (exact) mass is 278 g/mol. The Kier molecular flexibility index (Phi) is 6.04. The van der Waals surface area contributed by atoms with E-state index in [1.807, 2.05) is 0 Å². The van der Waals surface area contributed by atoms with Gasteiger partial charge in [0.15, 0.2) is 0 Å². The molecule has 0 bridgehead atoms. The highest BCUT2D eigenvalue weighted by Gasteiger charge is 2.26. The fourth-order valence-electron chi connectivity index (χ4n) is 2.16. The fraction of sp³-hybridized carbons (Fsp3) is 0.909. The number of nitrogens with one attached hydrogen (secondary N) is 1. The highest BCUT2D eigenvalue weighted by Crippen LogP contribution is 2.18. The molecule has 0 aromatic rings. The van der Waals surface area contributed by atoms with E-state index in [-0.39, 0.29) is 25.1 Å². The van der Waals surface area contributed by atoms with Crippen molar-refractivity contribution in [3.05, 3.63) is 0 Å². The zero-order valence-corrected chi connectivity index (χ0v) is 11.6. The van der Waals surface area contributed by atoms with Gasteiger partial charge in [0, 0.05) is 32.2 Å². The minimum absolute atomic E-state index is 0.00375. The summed E-state index contributed by atoms with van der Waals surface area (Å²) in [6.07, 6.45) is 4.70. The number of nitrogens with zero attached hydrogens (tertiary/aromatic N) is 1. The van der Waals surface area contributed by atoms with Crippen LogP contribution in [0.5, 0.6) is 0 Å². The summed E-state index contributed by atoms with van der Waals surface area (Å²) >= 11 is 0. The standard InChI is InChI=1S/C11H22N2O4S/c1-18(16,17)12-9-10-5-2-3-7-13(10)11(15)6-4-8-14/h10,12,14H,2-9H2,1H3. The van der Waals surface area contributed by atoms with Gasteiger partial charge in [-0.25, -0.2) is 13.1 Å². The molecule has 1 rings (SSSR count). The Balaban J connectivity index is 2.53. The number of aliphatic hydroxyl groups excluding tert-OH is 1. The lowest BCUT2D eigenvalue weighted by Crippen LogP contribution is -2.49. The molecule has 18 heavy (non-hydrogen) atoms. The molecule has 1 atom stereocenters. The van der Waals surface area contributed by atoms with Crippen molar-refractivity contribution in [2.24, 2.45) is 0 Å². The molecule has 0 radical (unpaired) electrons. The smallest absolute Gasteiger partial charge is 0.222 e. The van der Waals surface area contributed by atoms with E-state index in [2.05, 4.69) is 4.72 Å². The number of amides is 1. The molecule has 1 aliphatic rings. The van der Waals surface area contributed by atoms with E-state index in [1.165, 1.54) is 0 Å². The van der Waals surface area contributed by atoms with Crippen LogP contribution < -0.4 is 4.72 Å². The number of aliphatic hydroxyl groups is 1. The third kappa shape index (κ3) is 5.32. The van der Waals surface area contributed by atoms with Gasteiger partial charge in [-0.05, 0) is 25.7 Å². The molecule has 6 nitrogen and oxygen atoms in total. The molecule has 106 valence electrons. The maximum absolute atomic E-state index is 11.9. The first-order valence-corrected chi connectivity index (χ1v) is 8.18. The normalized spacial score (nSPS) is 21.0. The van der Waals surface area contributed by atoms with Crippen LogP contribution >= 0.6 is 0 Å². The van der Waals surface area contributed by atoms with Crippen molar-refractivity contribution in [3.8, 4) is 0 Å². The Morgan fingerprint density at radius 1 is 1.44 bits per heavy atom. The van der Waals surface area contributed by atoms with Crippen molar-refractivity contribution < 1.29 is 18.3 Å². The Morgan fingerprint density at radius 2 is 2.17 bits per heavy atom. The van der Waals surface area contributed by atoms with Gasteiger partial charge < -0.3 is 10.0 Å². The molecule has 1 aliphatic heterocycles. The highest BCUT2D eigenvalue weighted by molar-refractivity contribution is 7.88. The number of sulfonamides is 1. The van der Waals surface area contributed by atoms with Crippen LogP contribution in [0.1, 0.15) is 32.1 Å². The molecule has 1 saturated heterocycles. The number of rotatable bonds is 6. The van der Waals surface area contributed by atoms with Crippen LogP contribution in [0.25, 0.3) is 0 Å². The van der Waals surface area contributed by atoms with Crippen LogP contribution in [0.2, 0.25) is 0 Å². The zero-order chi connectivity index (χ0) is 13.6. The number of carbonyl (C=O) groups excluding carboxylic acids is 1. The molecule has 1 unspecified atom stereocenters. The quantitative estimate of drug-likeness (QED) is 0.698. The summed E-state index contributed by atoms with van der Waals surface area (Å²) in [4.78, 5) is 13.7. The first kappa shape index (κ1) is 15.4. The third-order valence-corrected chi connectivity index (χ3v) is 3.77. The molecule has 2 N–H and O–H groups in total. The Labute approximate surface area is 108 Å². The second-order valence-electron chi connectivity index (χ2n) is 4.68. The van der Waals surface area contributed by atoms with Crippen LogP contribution in [-0.4, -0.2) is 56.3 Å². The van der Waals surface area contributed by atoms with Crippen molar-refractivity contribution in [2.75, 3.05) is 26.0 Å². The maximum Gasteiger partial charge on any atom is 0.222 e. The van der Waals surface area contributed by atoms with Gasteiger partial charge in [-0.2, -0.15) is 0 Å². The van der Waals surface area contributed by atoms with Crippen LogP contribution in [0.4, 0.5) is 0 Å². The zero-order valence-electron chi connectivity index (χ0n) is 10.8. The van der Waals surface area contributed by atoms with Gasteiger partial charge >= 0.3 is 0 Å². The van der Waals surface area contributed by atoms with Crippen LogP contribution in [0.15, 0.2) is 0 Å². The number of likely N-dealkylation sites (tertiary alicyclic amines) is 1. The molecule has 0 aromatic heterocycles. The minimum Gasteiger partial charge on any atom is -0.396 e. The van der Waals surface area contributed by atoms with Crippen LogP contribution in [0, 0.1) is 0 Å². The average molecular weight is 278 g/mol. The van der Waals surface area contributed by atoms with Crippen molar-refractivity contribution in [1.82, 2.24) is 9.62 Å². The predicted octanol–water partition coefficient (Wildman–Crippen LogP) is -0.311. The van der Waals surface area contributed by atoms with E-state index >= 15 is 0 Å². The first-order chi connectivity index (χ1) is 8.44. The lowest BCUT2D eigenvalue weighted by atomic mass is 10.0. The molecule has 1 fully saturated rings. The van der Waals surface area contributed by atoms with E-state index in [9.17, 15) is 13.2 Å². The van der Waals surface area contributed by atoms with Gasteiger partial charge in [-0.3, -0.25) is 4.79 Å². The summed E-state index contributed by atoms with van der Waals surface area (Å²) in [6.45, 7) is 0.968. The molecule has 1 amide bonds. The average Bonchev–Trinajstić information content (AvgIpc) is 2.33. The predicted molar refractivity (Wildman–Crippen MR) is 68.5 cm³/mol. The summed E-state index contributed by atoms with van der Waals surface area (Å²) in [5.41, 5.74) is 0. The van der Waals surface area contributed by atoms with Gasteiger partial charge in [0.25, 0.3) is 0 Å². The topological polar surface area (TPSA) is 86.7 Å².